The summed E-state index contributed by atoms with van der Waals surface area (Å²) in [6, 6.07) is 11.9. The van der Waals surface area contributed by atoms with Gasteiger partial charge in [0.2, 0.25) is 0 Å². The van der Waals surface area contributed by atoms with E-state index in [1.807, 2.05) is 18.2 Å². The van der Waals surface area contributed by atoms with Crippen molar-refractivity contribution in [2.24, 2.45) is 0 Å². The van der Waals surface area contributed by atoms with Crippen LogP contribution in [0.2, 0.25) is 0 Å². The number of hydrogen-bond acceptors (Lipinski definition) is 4. The van der Waals surface area contributed by atoms with Crippen LogP contribution in [0.3, 0.4) is 0 Å². The quantitative estimate of drug-likeness (QED) is 0.622. The zero-order chi connectivity index (χ0) is 17.2. The van der Waals surface area contributed by atoms with E-state index in [1.54, 1.807) is 24.3 Å². The van der Waals surface area contributed by atoms with Gasteiger partial charge in [-0.3, -0.25) is 9.00 Å². The first kappa shape index (κ1) is 17.7. The van der Waals surface area contributed by atoms with Crippen LogP contribution >= 0.6 is 0 Å². The molecule has 3 amide bonds. The summed E-state index contributed by atoms with van der Waals surface area (Å²) < 4.78 is 16.9. The van der Waals surface area contributed by atoms with Gasteiger partial charge in [0.05, 0.1) is 17.1 Å². The van der Waals surface area contributed by atoms with Crippen LogP contribution < -0.4 is 16.0 Å². The lowest BCUT2D eigenvalue weighted by Gasteiger charge is -2.08. The average molecular weight is 349 g/mol. The molecule has 1 heterocycles. The summed E-state index contributed by atoms with van der Waals surface area (Å²) in [5.74, 6) is 0.232. The van der Waals surface area contributed by atoms with Crippen molar-refractivity contribution < 1.29 is 18.2 Å². The highest BCUT2D eigenvalue weighted by Gasteiger charge is 2.07. The molecule has 8 heteroatoms. The highest BCUT2D eigenvalue weighted by atomic mass is 32.2. The van der Waals surface area contributed by atoms with E-state index >= 15 is 0 Å². The molecule has 2 aromatic rings. The van der Waals surface area contributed by atoms with Crippen molar-refractivity contribution in [1.29, 1.82) is 0 Å². The van der Waals surface area contributed by atoms with Crippen molar-refractivity contribution >= 4 is 22.7 Å². The Kier molecular flexibility index (Phi) is 7.03. The van der Waals surface area contributed by atoms with Crippen LogP contribution in [0.15, 0.2) is 58.0 Å². The van der Waals surface area contributed by atoms with Gasteiger partial charge in [0.25, 0.3) is 5.91 Å². The van der Waals surface area contributed by atoms with E-state index in [2.05, 4.69) is 16.0 Å². The Labute approximate surface area is 142 Å². The maximum atomic E-state index is 12.0. The second-order valence-corrected chi connectivity index (χ2v) is 6.35. The highest BCUT2D eigenvalue weighted by molar-refractivity contribution is 7.85. The maximum Gasteiger partial charge on any atom is 0.314 e. The van der Waals surface area contributed by atoms with Crippen molar-refractivity contribution in [3.8, 4) is 0 Å². The van der Waals surface area contributed by atoms with Crippen LogP contribution in [-0.4, -0.2) is 41.5 Å². The number of nitrogens with one attached hydrogen (secondary N) is 3. The van der Waals surface area contributed by atoms with Crippen LogP contribution in [0.1, 0.15) is 10.6 Å². The summed E-state index contributed by atoms with van der Waals surface area (Å²) in [7, 11) is -1.14. The predicted octanol–water partition coefficient (Wildman–Crippen LogP) is 1.12. The first-order valence-electron chi connectivity index (χ1n) is 7.43. The Bertz CT molecular complexity index is 674. The first-order valence-corrected chi connectivity index (χ1v) is 8.75. The molecule has 0 spiro atoms. The van der Waals surface area contributed by atoms with Gasteiger partial charge in [0.1, 0.15) is 0 Å². The summed E-state index contributed by atoms with van der Waals surface area (Å²) in [6.07, 6.45) is 1.42. The van der Waals surface area contributed by atoms with E-state index in [9.17, 15) is 13.8 Å². The number of amides is 3. The minimum atomic E-state index is -1.14. The molecule has 1 aromatic heterocycles. The molecule has 2 rings (SSSR count). The topological polar surface area (TPSA) is 100 Å². The van der Waals surface area contributed by atoms with Crippen molar-refractivity contribution in [2.45, 2.75) is 4.90 Å². The molecule has 0 fully saturated rings. The molecule has 0 unspecified atom stereocenters. The number of carbonyl (C=O) groups is 2. The molecule has 0 bridgehead atoms. The molecule has 0 radical (unpaired) electrons. The van der Waals surface area contributed by atoms with Crippen molar-refractivity contribution in [3.63, 3.8) is 0 Å². The third kappa shape index (κ3) is 5.88. The summed E-state index contributed by atoms with van der Waals surface area (Å²) in [5.41, 5.74) is 0. The fourth-order valence-electron chi connectivity index (χ4n) is 1.86. The van der Waals surface area contributed by atoms with Gasteiger partial charge >= 0.3 is 6.03 Å². The Morgan fingerprint density at radius 1 is 0.917 bits per heavy atom. The lowest BCUT2D eigenvalue weighted by atomic mass is 10.4. The molecule has 24 heavy (non-hydrogen) atoms. The molecular formula is C16H19N3O4S. The minimum absolute atomic E-state index is 0.225. The van der Waals surface area contributed by atoms with E-state index in [0.29, 0.717) is 12.3 Å². The molecule has 7 nitrogen and oxygen atoms in total. The third-order valence-corrected chi connectivity index (χ3v) is 4.39. The molecule has 0 saturated carbocycles. The molecular weight excluding hydrogens is 330 g/mol. The summed E-state index contributed by atoms with van der Waals surface area (Å²) in [4.78, 5) is 23.9. The van der Waals surface area contributed by atoms with Crippen molar-refractivity contribution in [2.75, 3.05) is 25.4 Å². The van der Waals surface area contributed by atoms with Gasteiger partial charge in [0, 0.05) is 30.3 Å². The van der Waals surface area contributed by atoms with Crippen molar-refractivity contribution in [1.82, 2.24) is 16.0 Å². The first-order chi connectivity index (χ1) is 11.7. The van der Waals surface area contributed by atoms with Gasteiger partial charge in [-0.2, -0.15) is 0 Å². The van der Waals surface area contributed by atoms with E-state index in [4.69, 9.17) is 4.42 Å². The fourth-order valence-corrected chi connectivity index (χ4v) is 2.84. The van der Waals surface area contributed by atoms with Crippen LogP contribution in [-0.2, 0) is 10.8 Å². The van der Waals surface area contributed by atoms with Crippen LogP contribution in [0.25, 0.3) is 0 Å². The summed E-state index contributed by atoms with van der Waals surface area (Å²) >= 11 is 0. The van der Waals surface area contributed by atoms with Gasteiger partial charge in [0.15, 0.2) is 5.76 Å². The van der Waals surface area contributed by atoms with Gasteiger partial charge < -0.3 is 20.4 Å². The van der Waals surface area contributed by atoms with Gasteiger partial charge in [-0.1, -0.05) is 18.2 Å². The predicted molar refractivity (Wildman–Crippen MR) is 90.2 cm³/mol. The lowest BCUT2D eigenvalue weighted by Crippen LogP contribution is -2.41. The molecule has 1 atom stereocenters. The zero-order valence-corrected chi connectivity index (χ0v) is 13.8. The Morgan fingerprint density at radius 3 is 2.33 bits per heavy atom. The number of hydrogen-bond donors (Lipinski definition) is 3. The normalized spacial score (nSPS) is 11.5. The smallest absolute Gasteiger partial charge is 0.314 e. The standard InChI is InChI=1S/C16H19N3O4S/c20-15(14-7-4-11-23-14)17-8-9-18-16(21)19-10-12-24(22)13-5-2-1-3-6-13/h1-7,11H,8-10,12H2,(H,17,20)(H2,18,19,21)/t24-/m0/s1. The lowest BCUT2D eigenvalue weighted by molar-refractivity contribution is 0.0926. The Hall–Kier alpha value is -2.61. The Morgan fingerprint density at radius 2 is 1.62 bits per heavy atom. The minimum Gasteiger partial charge on any atom is -0.459 e. The average Bonchev–Trinajstić information content (AvgIpc) is 3.14. The Balaban J connectivity index is 1.55. The maximum absolute atomic E-state index is 12.0. The van der Waals surface area contributed by atoms with E-state index in [-0.39, 0.29) is 30.8 Å². The van der Waals surface area contributed by atoms with Crippen LogP contribution in [0.4, 0.5) is 4.79 Å². The molecule has 0 aliphatic carbocycles. The monoisotopic (exact) mass is 349 g/mol. The molecule has 0 aliphatic heterocycles. The summed E-state index contributed by atoms with van der Waals surface area (Å²) in [5, 5.41) is 7.84. The zero-order valence-electron chi connectivity index (χ0n) is 13.0. The molecule has 0 saturated heterocycles. The van der Waals surface area contributed by atoms with E-state index < -0.39 is 10.8 Å². The van der Waals surface area contributed by atoms with Gasteiger partial charge in [-0.05, 0) is 24.3 Å². The molecule has 0 aliphatic rings. The van der Waals surface area contributed by atoms with Crippen LogP contribution in [0.5, 0.6) is 0 Å². The number of furan rings is 1. The van der Waals surface area contributed by atoms with E-state index in [1.165, 1.54) is 6.26 Å². The molecule has 128 valence electrons. The number of urea groups is 1. The second-order valence-electron chi connectivity index (χ2n) is 4.78. The van der Waals surface area contributed by atoms with E-state index in [0.717, 1.165) is 4.90 Å². The number of rotatable bonds is 8. The fraction of sp³-hybridized carbons (Fsp3) is 0.250. The largest absolute Gasteiger partial charge is 0.459 e. The number of carbonyl (C=O) groups excluding carboxylic acids is 2. The van der Waals surface area contributed by atoms with Crippen LogP contribution in [0, 0.1) is 0 Å². The summed E-state index contributed by atoms with van der Waals surface area (Å²) in [6.45, 7) is 0.856. The number of benzene rings is 1. The third-order valence-electron chi connectivity index (χ3n) is 3.02. The highest BCUT2D eigenvalue weighted by Crippen LogP contribution is 2.04. The van der Waals surface area contributed by atoms with Crippen molar-refractivity contribution in [3.05, 3.63) is 54.5 Å². The second kappa shape index (κ2) is 9.51. The van der Waals surface area contributed by atoms with Gasteiger partial charge in [-0.15, -0.1) is 0 Å². The van der Waals surface area contributed by atoms with Gasteiger partial charge in [-0.25, -0.2) is 4.79 Å². The SMILES string of the molecule is O=C(NCCNC(=O)c1ccco1)NCC[S@](=O)c1ccccc1. The molecule has 3 N–H and O–H groups in total. The molecule has 1 aromatic carbocycles.